The van der Waals surface area contributed by atoms with Gasteiger partial charge in [0.2, 0.25) is 5.91 Å². The number of amides is 1. The monoisotopic (exact) mass is 382 g/mol. The van der Waals surface area contributed by atoms with Gasteiger partial charge >= 0.3 is 0 Å². The van der Waals surface area contributed by atoms with Gasteiger partial charge < -0.3 is 10.6 Å². The van der Waals surface area contributed by atoms with Crippen LogP contribution in [0, 0.1) is 12.8 Å². The van der Waals surface area contributed by atoms with E-state index in [1.807, 2.05) is 18.2 Å². The van der Waals surface area contributed by atoms with E-state index in [1.54, 1.807) is 17.7 Å². The largest absolute Gasteiger partial charge is 0.369 e. The van der Waals surface area contributed by atoms with Crippen LogP contribution in [0.15, 0.2) is 36.7 Å². The number of hydrogen-bond acceptors (Lipinski definition) is 5. The van der Waals surface area contributed by atoms with Crippen LogP contribution >= 0.6 is 11.3 Å². The molecule has 6 heteroatoms. The van der Waals surface area contributed by atoms with Gasteiger partial charge in [0, 0.05) is 30.0 Å². The highest BCUT2D eigenvalue weighted by molar-refractivity contribution is 7.19. The summed E-state index contributed by atoms with van der Waals surface area (Å²) in [5.74, 6) is 1.42. The molecule has 2 heterocycles. The topological polar surface area (TPSA) is 66.9 Å². The lowest BCUT2D eigenvalue weighted by molar-refractivity contribution is -0.121. The molecule has 0 fully saturated rings. The van der Waals surface area contributed by atoms with E-state index in [2.05, 4.69) is 53.5 Å². The Labute approximate surface area is 164 Å². The highest BCUT2D eigenvalue weighted by Crippen LogP contribution is 2.40. The predicted molar refractivity (Wildman–Crippen MR) is 113 cm³/mol. The van der Waals surface area contributed by atoms with Crippen LogP contribution < -0.4 is 10.6 Å². The van der Waals surface area contributed by atoms with E-state index < -0.39 is 0 Å². The van der Waals surface area contributed by atoms with Crippen molar-refractivity contribution in [1.82, 2.24) is 15.3 Å². The standard InChI is InChI=1S/C21H26N4OS/c1-14(2)12-23-17(26)10-7-11-22-20-19-18(16-8-5-4-6-9-16)15(3)27-21(19)25-13-24-20/h4-6,8-9,13-14H,7,10-12H2,1-3H3,(H,23,26)(H,22,24,25). The first-order valence-electron chi connectivity index (χ1n) is 9.36. The van der Waals surface area contributed by atoms with Gasteiger partial charge in [-0.2, -0.15) is 0 Å². The highest BCUT2D eigenvalue weighted by atomic mass is 32.1. The van der Waals surface area contributed by atoms with E-state index >= 15 is 0 Å². The molecule has 0 bridgehead atoms. The summed E-state index contributed by atoms with van der Waals surface area (Å²) in [5, 5.41) is 7.43. The Balaban J connectivity index is 1.71. The molecule has 27 heavy (non-hydrogen) atoms. The Kier molecular flexibility index (Phi) is 6.40. The van der Waals surface area contributed by atoms with Crippen molar-refractivity contribution >= 4 is 33.3 Å². The van der Waals surface area contributed by atoms with Crippen LogP contribution in [0.3, 0.4) is 0 Å². The summed E-state index contributed by atoms with van der Waals surface area (Å²) in [7, 11) is 0. The van der Waals surface area contributed by atoms with Crippen molar-refractivity contribution in [3.63, 3.8) is 0 Å². The lowest BCUT2D eigenvalue weighted by atomic mass is 10.0. The van der Waals surface area contributed by atoms with Gasteiger partial charge in [-0.05, 0) is 24.8 Å². The number of hydrogen-bond donors (Lipinski definition) is 2. The number of aromatic nitrogens is 2. The summed E-state index contributed by atoms with van der Waals surface area (Å²) in [4.78, 5) is 23.0. The van der Waals surface area contributed by atoms with E-state index in [0.717, 1.165) is 29.0 Å². The molecule has 0 atom stereocenters. The zero-order chi connectivity index (χ0) is 19.2. The first-order valence-corrected chi connectivity index (χ1v) is 10.2. The SMILES string of the molecule is Cc1sc2ncnc(NCCCC(=O)NCC(C)C)c2c1-c1ccccc1. The lowest BCUT2D eigenvalue weighted by Gasteiger charge is -2.10. The van der Waals surface area contributed by atoms with Crippen LogP contribution in [0.1, 0.15) is 31.6 Å². The molecule has 0 aliphatic heterocycles. The minimum atomic E-state index is 0.106. The van der Waals surface area contributed by atoms with E-state index in [1.165, 1.54) is 16.0 Å². The quantitative estimate of drug-likeness (QED) is 0.557. The maximum atomic E-state index is 11.9. The van der Waals surface area contributed by atoms with Crippen molar-refractivity contribution < 1.29 is 4.79 Å². The van der Waals surface area contributed by atoms with Gasteiger partial charge in [-0.3, -0.25) is 4.79 Å². The predicted octanol–water partition coefficient (Wildman–Crippen LogP) is 4.63. The summed E-state index contributed by atoms with van der Waals surface area (Å²) in [6, 6.07) is 10.3. The number of aryl methyl sites for hydroxylation is 1. The lowest BCUT2D eigenvalue weighted by Crippen LogP contribution is -2.27. The van der Waals surface area contributed by atoms with Crippen LogP contribution in [0.25, 0.3) is 21.3 Å². The molecule has 2 N–H and O–H groups in total. The molecule has 3 rings (SSSR count). The zero-order valence-corrected chi connectivity index (χ0v) is 16.9. The van der Waals surface area contributed by atoms with Gasteiger partial charge in [0.05, 0.1) is 5.39 Å². The normalized spacial score (nSPS) is 11.1. The van der Waals surface area contributed by atoms with Crippen molar-refractivity contribution in [2.45, 2.75) is 33.6 Å². The van der Waals surface area contributed by atoms with Crippen molar-refractivity contribution in [3.05, 3.63) is 41.5 Å². The average Bonchev–Trinajstić information content (AvgIpc) is 3.00. The Bertz CT molecular complexity index is 905. The fourth-order valence-electron chi connectivity index (χ4n) is 2.99. The van der Waals surface area contributed by atoms with Crippen molar-refractivity contribution in [3.8, 4) is 11.1 Å². The molecule has 1 aromatic carbocycles. The van der Waals surface area contributed by atoms with Crippen LogP contribution in [0.2, 0.25) is 0 Å². The second-order valence-electron chi connectivity index (χ2n) is 7.03. The molecule has 142 valence electrons. The molecule has 1 amide bonds. The minimum absolute atomic E-state index is 0.106. The molecule has 0 radical (unpaired) electrons. The molecule has 3 aromatic rings. The Hall–Kier alpha value is -2.47. The van der Waals surface area contributed by atoms with Gasteiger partial charge in [-0.25, -0.2) is 9.97 Å². The van der Waals surface area contributed by atoms with E-state index in [9.17, 15) is 4.79 Å². The molecule has 0 unspecified atom stereocenters. The first kappa shape index (κ1) is 19.3. The molecular weight excluding hydrogens is 356 g/mol. The van der Waals surface area contributed by atoms with E-state index in [-0.39, 0.29) is 5.91 Å². The zero-order valence-electron chi connectivity index (χ0n) is 16.1. The summed E-state index contributed by atoms with van der Waals surface area (Å²) in [6.45, 7) is 7.74. The Morgan fingerprint density at radius 1 is 1.19 bits per heavy atom. The van der Waals surface area contributed by atoms with Crippen LogP contribution in [-0.2, 0) is 4.79 Å². The molecule has 0 spiro atoms. The summed E-state index contributed by atoms with van der Waals surface area (Å²) in [5.41, 5.74) is 2.36. The maximum absolute atomic E-state index is 11.9. The minimum Gasteiger partial charge on any atom is -0.369 e. The molecule has 2 aromatic heterocycles. The average molecular weight is 383 g/mol. The summed E-state index contributed by atoms with van der Waals surface area (Å²) >= 11 is 1.69. The van der Waals surface area contributed by atoms with Gasteiger partial charge in [-0.1, -0.05) is 44.2 Å². The first-order chi connectivity index (χ1) is 13.1. The number of benzene rings is 1. The smallest absolute Gasteiger partial charge is 0.220 e. The number of carbonyl (C=O) groups excluding carboxylic acids is 1. The third-order valence-corrected chi connectivity index (χ3v) is 5.32. The van der Waals surface area contributed by atoms with Crippen LogP contribution in [0.4, 0.5) is 5.82 Å². The highest BCUT2D eigenvalue weighted by Gasteiger charge is 2.16. The molecule has 0 saturated carbocycles. The third kappa shape index (κ3) is 4.83. The molecule has 5 nitrogen and oxygen atoms in total. The molecular formula is C21H26N4OS. The van der Waals surface area contributed by atoms with Crippen molar-refractivity contribution in [2.24, 2.45) is 5.92 Å². The number of carbonyl (C=O) groups is 1. The number of thiophene rings is 1. The number of fused-ring (bicyclic) bond motifs is 1. The van der Waals surface area contributed by atoms with Crippen molar-refractivity contribution in [1.29, 1.82) is 0 Å². The fraction of sp³-hybridized carbons (Fsp3) is 0.381. The molecule has 0 saturated heterocycles. The number of anilines is 1. The van der Waals surface area contributed by atoms with Gasteiger partial charge in [0.15, 0.2) is 0 Å². The van der Waals surface area contributed by atoms with Crippen molar-refractivity contribution in [2.75, 3.05) is 18.4 Å². The van der Waals surface area contributed by atoms with E-state index in [0.29, 0.717) is 18.9 Å². The fourth-order valence-corrected chi connectivity index (χ4v) is 4.01. The Morgan fingerprint density at radius 2 is 1.96 bits per heavy atom. The van der Waals surface area contributed by atoms with E-state index in [4.69, 9.17) is 0 Å². The van der Waals surface area contributed by atoms with Gasteiger partial charge in [-0.15, -0.1) is 11.3 Å². The third-order valence-electron chi connectivity index (χ3n) is 4.31. The Morgan fingerprint density at radius 3 is 2.70 bits per heavy atom. The summed E-state index contributed by atoms with van der Waals surface area (Å²) in [6.07, 6.45) is 2.88. The van der Waals surface area contributed by atoms with Crippen LogP contribution in [0.5, 0.6) is 0 Å². The van der Waals surface area contributed by atoms with Gasteiger partial charge in [0.1, 0.15) is 17.0 Å². The second-order valence-corrected chi connectivity index (χ2v) is 8.23. The molecule has 0 aliphatic rings. The summed E-state index contributed by atoms with van der Waals surface area (Å²) < 4.78 is 0. The molecule has 0 aliphatic carbocycles. The maximum Gasteiger partial charge on any atom is 0.220 e. The van der Waals surface area contributed by atoms with Gasteiger partial charge in [0.25, 0.3) is 0 Å². The number of rotatable bonds is 8. The number of nitrogens with one attached hydrogen (secondary N) is 2. The van der Waals surface area contributed by atoms with Crippen LogP contribution in [-0.4, -0.2) is 29.0 Å². The second kappa shape index (κ2) is 8.95. The number of nitrogens with zero attached hydrogens (tertiary/aromatic N) is 2.